The lowest BCUT2D eigenvalue weighted by atomic mass is 9.86. The van der Waals surface area contributed by atoms with Crippen molar-refractivity contribution in [1.82, 2.24) is 10.2 Å². The summed E-state index contributed by atoms with van der Waals surface area (Å²) in [5.41, 5.74) is 0. The van der Waals surface area contributed by atoms with Gasteiger partial charge in [0.05, 0.1) is 0 Å². The van der Waals surface area contributed by atoms with E-state index >= 15 is 0 Å². The highest BCUT2D eigenvalue weighted by Crippen LogP contribution is 2.26. The minimum Gasteiger partial charge on any atom is -0.366 e. The standard InChI is InChI=1S/C11H16ClN3/c1-8-4-2-3-5-9(8)13-11-7-6-10(12)14-15-11/h6-9H,2-5H2,1H3,(H,13,15)/t8-,9+/m0/s1. The summed E-state index contributed by atoms with van der Waals surface area (Å²) in [5.74, 6) is 1.55. The van der Waals surface area contributed by atoms with Crippen LogP contribution in [0.25, 0.3) is 0 Å². The van der Waals surface area contributed by atoms with Gasteiger partial charge in [0.1, 0.15) is 5.82 Å². The first kappa shape index (κ1) is 10.7. The van der Waals surface area contributed by atoms with Gasteiger partial charge in [-0.15, -0.1) is 10.2 Å². The molecular weight excluding hydrogens is 210 g/mol. The molecule has 1 saturated carbocycles. The zero-order chi connectivity index (χ0) is 10.7. The number of nitrogens with zero attached hydrogens (tertiary/aromatic N) is 2. The zero-order valence-corrected chi connectivity index (χ0v) is 9.67. The number of nitrogens with one attached hydrogen (secondary N) is 1. The highest BCUT2D eigenvalue weighted by Gasteiger charge is 2.21. The van der Waals surface area contributed by atoms with Crippen LogP contribution in [-0.4, -0.2) is 16.2 Å². The number of anilines is 1. The van der Waals surface area contributed by atoms with Gasteiger partial charge in [-0.3, -0.25) is 0 Å². The summed E-state index contributed by atoms with van der Waals surface area (Å²) in [6.07, 6.45) is 5.19. The number of rotatable bonds is 2. The van der Waals surface area contributed by atoms with Crippen molar-refractivity contribution in [2.75, 3.05) is 5.32 Å². The van der Waals surface area contributed by atoms with Crippen LogP contribution in [0, 0.1) is 5.92 Å². The van der Waals surface area contributed by atoms with E-state index in [9.17, 15) is 0 Å². The average molecular weight is 226 g/mol. The molecule has 4 heteroatoms. The number of halogens is 1. The summed E-state index contributed by atoms with van der Waals surface area (Å²) in [6, 6.07) is 4.19. The second-order valence-corrected chi connectivity index (χ2v) is 4.64. The monoisotopic (exact) mass is 225 g/mol. The summed E-state index contributed by atoms with van der Waals surface area (Å²) < 4.78 is 0. The van der Waals surface area contributed by atoms with Crippen molar-refractivity contribution in [3.8, 4) is 0 Å². The zero-order valence-electron chi connectivity index (χ0n) is 8.91. The molecule has 0 unspecified atom stereocenters. The van der Waals surface area contributed by atoms with E-state index in [2.05, 4.69) is 22.4 Å². The average Bonchev–Trinajstić information content (AvgIpc) is 2.25. The molecule has 1 aromatic rings. The normalized spacial score (nSPS) is 26.3. The first-order valence-corrected chi connectivity index (χ1v) is 5.89. The van der Waals surface area contributed by atoms with Crippen LogP contribution in [0.2, 0.25) is 5.15 Å². The Morgan fingerprint density at radius 1 is 1.27 bits per heavy atom. The second kappa shape index (κ2) is 4.79. The van der Waals surface area contributed by atoms with Gasteiger partial charge in [-0.1, -0.05) is 31.4 Å². The largest absolute Gasteiger partial charge is 0.366 e. The van der Waals surface area contributed by atoms with Crippen LogP contribution in [0.5, 0.6) is 0 Å². The predicted molar refractivity (Wildman–Crippen MR) is 62.1 cm³/mol. The lowest BCUT2D eigenvalue weighted by molar-refractivity contribution is 0.349. The van der Waals surface area contributed by atoms with Gasteiger partial charge in [0.25, 0.3) is 0 Å². The number of hydrogen-bond donors (Lipinski definition) is 1. The topological polar surface area (TPSA) is 37.8 Å². The van der Waals surface area contributed by atoms with Crippen molar-refractivity contribution in [3.05, 3.63) is 17.3 Å². The maximum atomic E-state index is 5.68. The van der Waals surface area contributed by atoms with Crippen molar-refractivity contribution in [1.29, 1.82) is 0 Å². The van der Waals surface area contributed by atoms with Crippen LogP contribution in [0.15, 0.2) is 12.1 Å². The van der Waals surface area contributed by atoms with Gasteiger partial charge in [-0.05, 0) is 30.9 Å². The lowest BCUT2D eigenvalue weighted by Gasteiger charge is -2.29. The highest BCUT2D eigenvalue weighted by atomic mass is 35.5. The van der Waals surface area contributed by atoms with E-state index in [0.717, 1.165) is 11.7 Å². The van der Waals surface area contributed by atoms with Crippen LogP contribution in [0.3, 0.4) is 0 Å². The molecule has 1 N–H and O–H groups in total. The van der Waals surface area contributed by atoms with Gasteiger partial charge in [-0.25, -0.2) is 0 Å². The van der Waals surface area contributed by atoms with Gasteiger partial charge < -0.3 is 5.32 Å². The fourth-order valence-corrected chi connectivity index (χ4v) is 2.21. The first-order valence-electron chi connectivity index (χ1n) is 5.51. The van der Waals surface area contributed by atoms with E-state index in [-0.39, 0.29) is 0 Å². The van der Waals surface area contributed by atoms with Crippen LogP contribution in [0.4, 0.5) is 5.82 Å². The molecule has 1 fully saturated rings. The maximum absolute atomic E-state index is 5.68. The molecule has 2 atom stereocenters. The molecule has 0 amide bonds. The SMILES string of the molecule is C[C@H]1CCCC[C@H]1Nc1ccc(Cl)nn1. The smallest absolute Gasteiger partial charge is 0.151 e. The van der Waals surface area contributed by atoms with Crippen molar-refractivity contribution < 1.29 is 0 Å². The van der Waals surface area contributed by atoms with E-state index in [1.54, 1.807) is 6.07 Å². The Morgan fingerprint density at radius 2 is 2.07 bits per heavy atom. The van der Waals surface area contributed by atoms with Gasteiger partial charge in [0.2, 0.25) is 0 Å². The lowest BCUT2D eigenvalue weighted by Crippen LogP contribution is -2.30. The molecule has 0 spiro atoms. The third-order valence-electron chi connectivity index (χ3n) is 3.08. The molecular formula is C11H16ClN3. The van der Waals surface area contributed by atoms with Gasteiger partial charge >= 0.3 is 0 Å². The van der Waals surface area contributed by atoms with E-state index in [0.29, 0.717) is 11.2 Å². The fraction of sp³-hybridized carbons (Fsp3) is 0.636. The first-order chi connectivity index (χ1) is 7.25. The Bertz CT molecular complexity index is 312. The molecule has 0 aliphatic heterocycles. The maximum Gasteiger partial charge on any atom is 0.151 e. The molecule has 0 radical (unpaired) electrons. The number of aromatic nitrogens is 2. The molecule has 1 heterocycles. The Labute approximate surface area is 95.2 Å². The van der Waals surface area contributed by atoms with E-state index in [1.165, 1.54) is 25.7 Å². The van der Waals surface area contributed by atoms with Crippen LogP contribution in [0.1, 0.15) is 32.6 Å². The molecule has 1 aromatic heterocycles. The molecule has 0 aromatic carbocycles. The molecule has 82 valence electrons. The Balaban J connectivity index is 1.98. The molecule has 15 heavy (non-hydrogen) atoms. The van der Waals surface area contributed by atoms with Crippen molar-refractivity contribution >= 4 is 17.4 Å². The van der Waals surface area contributed by atoms with Crippen LogP contribution in [-0.2, 0) is 0 Å². The van der Waals surface area contributed by atoms with Crippen molar-refractivity contribution in [2.45, 2.75) is 38.6 Å². The third-order valence-corrected chi connectivity index (χ3v) is 3.28. The predicted octanol–water partition coefficient (Wildman–Crippen LogP) is 3.12. The third kappa shape index (κ3) is 2.81. The van der Waals surface area contributed by atoms with Crippen molar-refractivity contribution in [2.24, 2.45) is 5.92 Å². The molecule has 0 bridgehead atoms. The van der Waals surface area contributed by atoms with Crippen LogP contribution >= 0.6 is 11.6 Å². The summed E-state index contributed by atoms with van der Waals surface area (Å²) in [4.78, 5) is 0. The van der Waals surface area contributed by atoms with E-state index in [4.69, 9.17) is 11.6 Å². The summed E-state index contributed by atoms with van der Waals surface area (Å²) in [6.45, 7) is 2.29. The van der Waals surface area contributed by atoms with Gasteiger partial charge in [0.15, 0.2) is 5.15 Å². The van der Waals surface area contributed by atoms with Crippen molar-refractivity contribution in [3.63, 3.8) is 0 Å². The van der Waals surface area contributed by atoms with E-state index < -0.39 is 0 Å². The quantitative estimate of drug-likeness (QED) is 0.841. The van der Waals surface area contributed by atoms with Gasteiger partial charge in [-0.2, -0.15) is 0 Å². The van der Waals surface area contributed by atoms with Crippen LogP contribution < -0.4 is 5.32 Å². The summed E-state index contributed by atoms with van der Waals surface area (Å²) in [7, 11) is 0. The summed E-state index contributed by atoms with van der Waals surface area (Å²) >= 11 is 5.68. The fourth-order valence-electron chi connectivity index (χ4n) is 2.11. The van der Waals surface area contributed by atoms with Gasteiger partial charge in [0, 0.05) is 6.04 Å². The Kier molecular flexibility index (Phi) is 3.41. The molecule has 1 aliphatic rings. The minimum absolute atomic E-state index is 0.442. The minimum atomic E-state index is 0.442. The number of hydrogen-bond acceptors (Lipinski definition) is 3. The molecule has 1 aliphatic carbocycles. The Morgan fingerprint density at radius 3 is 2.73 bits per heavy atom. The molecule has 0 saturated heterocycles. The second-order valence-electron chi connectivity index (χ2n) is 4.25. The summed E-state index contributed by atoms with van der Waals surface area (Å²) in [5, 5.41) is 11.7. The molecule has 3 nitrogen and oxygen atoms in total. The highest BCUT2D eigenvalue weighted by molar-refractivity contribution is 6.29. The molecule has 2 rings (SSSR count). The Hall–Kier alpha value is -0.830. The van der Waals surface area contributed by atoms with E-state index in [1.807, 2.05) is 6.07 Å².